The Hall–Kier alpha value is -1.99. The molecule has 26 heavy (non-hydrogen) atoms. The monoisotopic (exact) mass is 380 g/mol. The van der Waals surface area contributed by atoms with Crippen molar-refractivity contribution in [2.24, 2.45) is 0 Å². The molecule has 140 valence electrons. The average molecular weight is 380 g/mol. The Labute approximate surface area is 153 Å². The van der Waals surface area contributed by atoms with E-state index in [0.717, 1.165) is 24.5 Å². The summed E-state index contributed by atoms with van der Waals surface area (Å²) in [7, 11) is -3.56. The number of nitrogens with zero attached hydrogens (tertiary/aromatic N) is 2. The fourth-order valence-corrected chi connectivity index (χ4v) is 4.60. The van der Waals surface area contributed by atoms with E-state index in [-0.39, 0.29) is 18.0 Å². The molecule has 0 aliphatic carbocycles. The van der Waals surface area contributed by atoms with E-state index in [1.807, 2.05) is 12.1 Å². The molecule has 1 aliphatic heterocycles. The lowest BCUT2D eigenvalue weighted by Crippen LogP contribution is -2.48. The molecule has 0 aromatic heterocycles. The molecule has 0 atom stereocenters. The summed E-state index contributed by atoms with van der Waals surface area (Å²) in [6, 6.07) is 10.4. The molecule has 7 heteroatoms. The zero-order valence-corrected chi connectivity index (χ0v) is 15.5. The van der Waals surface area contributed by atoms with Crippen LogP contribution in [0.2, 0.25) is 0 Å². The third kappa shape index (κ3) is 3.88. The van der Waals surface area contributed by atoms with Crippen LogP contribution in [0.1, 0.15) is 18.9 Å². The SMILES string of the molecule is CCCc1ccc(S(=O)(=O)N2CCN(c3ccc(F)cc3F)CC2)cc1. The van der Waals surface area contributed by atoms with Gasteiger partial charge in [0.25, 0.3) is 0 Å². The van der Waals surface area contributed by atoms with E-state index in [9.17, 15) is 17.2 Å². The van der Waals surface area contributed by atoms with Crippen molar-refractivity contribution < 1.29 is 17.2 Å². The van der Waals surface area contributed by atoms with Crippen molar-refractivity contribution in [2.75, 3.05) is 31.1 Å². The molecule has 0 spiro atoms. The van der Waals surface area contributed by atoms with Gasteiger partial charge < -0.3 is 4.90 Å². The van der Waals surface area contributed by atoms with Gasteiger partial charge in [-0.3, -0.25) is 0 Å². The maximum Gasteiger partial charge on any atom is 0.243 e. The smallest absolute Gasteiger partial charge is 0.243 e. The van der Waals surface area contributed by atoms with E-state index >= 15 is 0 Å². The van der Waals surface area contributed by atoms with Gasteiger partial charge in [-0.15, -0.1) is 0 Å². The number of piperazine rings is 1. The van der Waals surface area contributed by atoms with Crippen LogP contribution in [0.4, 0.5) is 14.5 Å². The number of halogens is 2. The van der Waals surface area contributed by atoms with Crippen LogP contribution in [0.3, 0.4) is 0 Å². The zero-order chi connectivity index (χ0) is 18.7. The normalized spacial score (nSPS) is 16.0. The van der Waals surface area contributed by atoms with Crippen LogP contribution in [0, 0.1) is 11.6 Å². The lowest BCUT2D eigenvalue weighted by Gasteiger charge is -2.35. The summed E-state index contributed by atoms with van der Waals surface area (Å²) in [5, 5.41) is 0. The summed E-state index contributed by atoms with van der Waals surface area (Å²) >= 11 is 0. The summed E-state index contributed by atoms with van der Waals surface area (Å²) in [5.41, 5.74) is 1.41. The standard InChI is InChI=1S/C19H22F2N2O2S/c1-2-3-15-4-7-17(8-5-15)26(24,25)23-12-10-22(11-13-23)19-9-6-16(20)14-18(19)21/h4-9,14H,2-3,10-13H2,1H3. The van der Waals surface area contributed by atoms with E-state index < -0.39 is 21.7 Å². The fourth-order valence-electron chi connectivity index (χ4n) is 3.17. The van der Waals surface area contributed by atoms with E-state index in [2.05, 4.69) is 6.92 Å². The summed E-state index contributed by atoms with van der Waals surface area (Å²) in [4.78, 5) is 2.02. The molecule has 1 heterocycles. The number of aryl methyl sites for hydroxylation is 1. The van der Waals surface area contributed by atoms with Crippen LogP contribution in [0.25, 0.3) is 0 Å². The maximum atomic E-state index is 13.9. The minimum absolute atomic E-state index is 0.260. The lowest BCUT2D eigenvalue weighted by atomic mass is 10.1. The lowest BCUT2D eigenvalue weighted by molar-refractivity contribution is 0.383. The summed E-state index contributed by atoms with van der Waals surface area (Å²) < 4.78 is 54.0. The van der Waals surface area contributed by atoms with Gasteiger partial charge in [-0.2, -0.15) is 4.31 Å². The van der Waals surface area contributed by atoms with Gasteiger partial charge in [0.15, 0.2) is 0 Å². The van der Waals surface area contributed by atoms with Gasteiger partial charge in [0, 0.05) is 32.2 Å². The zero-order valence-electron chi connectivity index (χ0n) is 14.7. The number of hydrogen-bond donors (Lipinski definition) is 0. The highest BCUT2D eigenvalue weighted by molar-refractivity contribution is 7.89. The Balaban J connectivity index is 1.70. The van der Waals surface area contributed by atoms with Crippen molar-refractivity contribution in [3.63, 3.8) is 0 Å². The molecule has 2 aromatic carbocycles. The molecule has 1 fully saturated rings. The molecule has 0 amide bonds. The molecule has 1 saturated heterocycles. The first kappa shape index (κ1) is 18.8. The molecule has 0 radical (unpaired) electrons. The van der Waals surface area contributed by atoms with Gasteiger partial charge in [0.2, 0.25) is 10.0 Å². The maximum absolute atomic E-state index is 13.9. The minimum Gasteiger partial charge on any atom is -0.367 e. The number of rotatable bonds is 5. The predicted octanol–water partition coefficient (Wildman–Crippen LogP) is 3.43. The van der Waals surface area contributed by atoms with Gasteiger partial charge in [-0.1, -0.05) is 25.5 Å². The van der Waals surface area contributed by atoms with Crippen LogP contribution in [-0.4, -0.2) is 38.9 Å². The van der Waals surface area contributed by atoms with Crippen molar-refractivity contribution in [1.82, 2.24) is 4.31 Å². The second-order valence-corrected chi connectivity index (χ2v) is 8.32. The first-order valence-corrected chi connectivity index (χ1v) is 10.1. The predicted molar refractivity (Wildman–Crippen MR) is 97.8 cm³/mol. The third-order valence-electron chi connectivity index (χ3n) is 4.59. The Morgan fingerprint density at radius 3 is 2.19 bits per heavy atom. The van der Waals surface area contributed by atoms with Gasteiger partial charge in [0.05, 0.1) is 10.6 Å². The van der Waals surface area contributed by atoms with Crippen LogP contribution in [-0.2, 0) is 16.4 Å². The van der Waals surface area contributed by atoms with Gasteiger partial charge in [-0.25, -0.2) is 17.2 Å². The number of hydrogen-bond acceptors (Lipinski definition) is 3. The molecule has 0 saturated carbocycles. The number of sulfonamides is 1. The quantitative estimate of drug-likeness (QED) is 0.798. The van der Waals surface area contributed by atoms with E-state index in [1.54, 1.807) is 17.0 Å². The van der Waals surface area contributed by atoms with Crippen LogP contribution >= 0.6 is 0 Å². The second-order valence-electron chi connectivity index (χ2n) is 6.38. The van der Waals surface area contributed by atoms with E-state index in [1.165, 1.54) is 16.4 Å². The molecule has 4 nitrogen and oxygen atoms in total. The Kier molecular flexibility index (Phi) is 5.58. The Morgan fingerprint density at radius 1 is 0.962 bits per heavy atom. The van der Waals surface area contributed by atoms with Crippen molar-refractivity contribution in [2.45, 2.75) is 24.7 Å². The largest absolute Gasteiger partial charge is 0.367 e. The number of anilines is 1. The Bertz CT molecular complexity index is 862. The third-order valence-corrected chi connectivity index (χ3v) is 6.50. The van der Waals surface area contributed by atoms with Crippen molar-refractivity contribution in [3.05, 3.63) is 59.7 Å². The highest BCUT2D eigenvalue weighted by atomic mass is 32.2. The topological polar surface area (TPSA) is 40.6 Å². The van der Waals surface area contributed by atoms with Crippen molar-refractivity contribution >= 4 is 15.7 Å². The summed E-state index contributed by atoms with van der Waals surface area (Å²) in [6.07, 6.45) is 1.93. The molecule has 0 bridgehead atoms. The van der Waals surface area contributed by atoms with E-state index in [4.69, 9.17) is 0 Å². The highest BCUT2D eigenvalue weighted by Gasteiger charge is 2.29. The van der Waals surface area contributed by atoms with Crippen molar-refractivity contribution in [1.29, 1.82) is 0 Å². The average Bonchev–Trinajstić information content (AvgIpc) is 2.63. The van der Waals surface area contributed by atoms with Gasteiger partial charge >= 0.3 is 0 Å². The van der Waals surface area contributed by atoms with Crippen LogP contribution in [0.5, 0.6) is 0 Å². The number of benzene rings is 2. The van der Waals surface area contributed by atoms with Gasteiger partial charge in [-0.05, 0) is 36.2 Å². The molecule has 0 N–H and O–H groups in total. The van der Waals surface area contributed by atoms with Crippen molar-refractivity contribution in [3.8, 4) is 0 Å². The summed E-state index contributed by atoms with van der Waals surface area (Å²) in [6.45, 7) is 3.31. The molecular formula is C19H22F2N2O2S. The molecule has 1 aliphatic rings. The van der Waals surface area contributed by atoms with Crippen LogP contribution in [0.15, 0.2) is 47.4 Å². The first-order chi connectivity index (χ1) is 12.4. The second kappa shape index (κ2) is 7.72. The van der Waals surface area contributed by atoms with E-state index in [0.29, 0.717) is 18.8 Å². The summed E-state index contributed by atoms with van der Waals surface area (Å²) in [5.74, 6) is -1.26. The highest BCUT2D eigenvalue weighted by Crippen LogP contribution is 2.24. The first-order valence-electron chi connectivity index (χ1n) is 8.71. The van der Waals surface area contributed by atoms with Crippen LogP contribution < -0.4 is 4.90 Å². The Morgan fingerprint density at radius 2 is 1.62 bits per heavy atom. The van der Waals surface area contributed by atoms with Gasteiger partial charge in [0.1, 0.15) is 11.6 Å². The fraction of sp³-hybridized carbons (Fsp3) is 0.368. The molecule has 2 aromatic rings. The molecule has 0 unspecified atom stereocenters. The minimum atomic E-state index is -3.56. The molecular weight excluding hydrogens is 358 g/mol. The molecule has 3 rings (SSSR count).